The lowest BCUT2D eigenvalue weighted by Gasteiger charge is -2.18. The number of β-amino-alcohol motifs (C(OH)–C–C–N with tert-alkyl or cyclic N) is 1. The highest BCUT2D eigenvalue weighted by Gasteiger charge is 2.37. The van der Waals surface area contributed by atoms with E-state index >= 15 is 0 Å². The summed E-state index contributed by atoms with van der Waals surface area (Å²) in [6.45, 7) is 3.04. The zero-order valence-corrected chi connectivity index (χ0v) is 13.6. The lowest BCUT2D eigenvalue weighted by atomic mass is 10.2. The number of anilines is 1. The van der Waals surface area contributed by atoms with Crippen molar-refractivity contribution < 1.29 is 24.2 Å². The van der Waals surface area contributed by atoms with E-state index in [1.54, 1.807) is 31.2 Å². The van der Waals surface area contributed by atoms with Gasteiger partial charge in [-0.25, -0.2) is 4.79 Å². The van der Waals surface area contributed by atoms with Crippen molar-refractivity contribution in [2.75, 3.05) is 18.5 Å². The Kier molecular flexibility index (Phi) is 5.75. The van der Waals surface area contributed by atoms with E-state index in [1.165, 1.54) is 6.92 Å². The second-order valence-corrected chi connectivity index (χ2v) is 5.53. The number of amides is 4. The Morgan fingerprint density at radius 2 is 2.04 bits per heavy atom. The first kappa shape index (κ1) is 17.7. The number of hydrogen-bond donors (Lipinski definition) is 3. The van der Waals surface area contributed by atoms with Crippen LogP contribution in [0.4, 0.5) is 10.5 Å². The highest BCUT2D eigenvalue weighted by atomic mass is 16.5. The highest BCUT2D eigenvalue weighted by molar-refractivity contribution is 6.04. The first-order valence-electron chi connectivity index (χ1n) is 7.71. The molecule has 1 aliphatic rings. The van der Waals surface area contributed by atoms with Gasteiger partial charge in [-0.1, -0.05) is 6.92 Å². The van der Waals surface area contributed by atoms with Gasteiger partial charge in [0.25, 0.3) is 5.91 Å². The lowest BCUT2D eigenvalue weighted by molar-refractivity contribution is -0.128. The summed E-state index contributed by atoms with van der Waals surface area (Å²) in [5.41, 5.74) is 0.639. The minimum atomic E-state index is -0.995. The van der Waals surface area contributed by atoms with Gasteiger partial charge in [0.2, 0.25) is 5.91 Å². The number of nitrogens with one attached hydrogen (secondary N) is 2. The van der Waals surface area contributed by atoms with Gasteiger partial charge in [0.15, 0.2) is 0 Å². The molecule has 1 aromatic rings. The molecule has 0 bridgehead atoms. The molecular formula is C16H21N3O5. The van der Waals surface area contributed by atoms with E-state index in [-0.39, 0.29) is 25.0 Å². The predicted octanol–water partition coefficient (Wildman–Crippen LogP) is 0.715. The van der Waals surface area contributed by atoms with Crippen LogP contribution in [0.25, 0.3) is 0 Å². The summed E-state index contributed by atoms with van der Waals surface area (Å²) in [5.74, 6) is 0.00558. The van der Waals surface area contributed by atoms with E-state index < -0.39 is 18.2 Å². The average Bonchev–Trinajstić information content (AvgIpc) is 2.81. The van der Waals surface area contributed by atoms with Gasteiger partial charge in [0.1, 0.15) is 24.5 Å². The van der Waals surface area contributed by atoms with Crippen molar-refractivity contribution in [3.05, 3.63) is 24.3 Å². The summed E-state index contributed by atoms with van der Waals surface area (Å²) in [6, 6.07) is 5.63. The van der Waals surface area contributed by atoms with Gasteiger partial charge in [0.05, 0.1) is 6.54 Å². The summed E-state index contributed by atoms with van der Waals surface area (Å²) >= 11 is 0. The zero-order valence-electron chi connectivity index (χ0n) is 13.6. The maximum absolute atomic E-state index is 11.9. The first-order chi connectivity index (χ1) is 11.4. The van der Waals surface area contributed by atoms with Crippen LogP contribution in [-0.2, 0) is 9.59 Å². The summed E-state index contributed by atoms with van der Waals surface area (Å²) in [7, 11) is 0. The molecule has 1 aromatic carbocycles. The second-order valence-electron chi connectivity index (χ2n) is 5.53. The molecule has 1 fully saturated rings. The Bertz CT molecular complexity index is 617. The van der Waals surface area contributed by atoms with Crippen LogP contribution in [0.5, 0.6) is 5.75 Å². The molecule has 8 heteroatoms. The van der Waals surface area contributed by atoms with Gasteiger partial charge < -0.3 is 20.5 Å². The van der Waals surface area contributed by atoms with Crippen LogP contribution < -0.4 is 15.4 Å². The van der Waals surface area contributed by atoms with E-state index in [0.717, 1.165) is 4.90 Å². The third-order valence-electron chi connectivity index (χ3n) is 3.53. The number of ether oxygens (including phenoxy) is 1. The number of urea groups is 1. The molecule has 0 aromatic heterocycles. The molecule has 0 radical (unpaired) electrons. The molecule has 1 heterocycles. The Hall–Kier alpha value is -2.61. The quantitative estimate of drug-likeness (QED) is 0.636. The van der Waals surface area contributed by atoms with Gasteiger partial charge in [-0.15, -0.1) is 0 Å². The van der Waals surface area contributed by atoms with Crippen molar-refractivity contribution in [2.24, 2.45) is 0 Å². The topological polar surface area (TPSA) is 108 Å². The Morgan fingerprint density at radius 3 is 2.58 bits per heavy atom. The fourth-order valence-electron chi connectivity index (χ4n) is 2.32. The van der Waals surface area contributed by atoms with Gasteiger partial charge >= 0.3 is 6.03 Å². The van der Waals surface area contributed by atoms with Crippen molar-refractivity contribution in [1.82, 2.24) is 10.2 Å². The molecular weight excluding hydrogens is 314 g/mol. The minimum absolute atomic E-state index is 0.0622. The third kappa shape index (κ3) is 4.45. The smallest absolute Gasteiger partial charge is 0.324 e. The first-order valence-corrected chi connectivity index (χ1v) is 7.71. The summed E-state index contributed by atoms with van der Waals surface area (Å²) in [4.78, 5) is 35.6. The normalized spacial score (nSPS) is 18.3. The number of nitrogens with zero attached hydrogens (tertiary/aromatic N) is 1. The SMILES string of the molecule is CCC1NC(=O)N(CC(O)COc2ccc(NC(C)=O)cc2)C1=O. The average molecular weight is 335 g/mol. The van der Waals surface area contributed by atoms with Crippen LogP contribution in [0.15, 0.2) is 24.3 Å². The minimum Gasteiger partial charge on any atom is -0.491 e. The molecule has 2 rings (SSSR count). The summed E-state index contributed by atoms with van der Waals surface area (Å²) in [6.07, 6.45) is -0.487. The van der Waals surface area contributed by atoms with E-state index in [2.05, 4.69) is 10.6 Å². The molecule has 24 heavy (non-hydrogen) atoms. The fraction of sp³-hybridized carbons (Fsp3) is 0.438. The van der Waals surface area contributed by atoms with Crippen molar-refractivity contribution in [2.45, 2.75) is 32.4 Å². The van der Waals surface area contributed by atoms with Crippen molar-refractivity contribution in [3.8, 4) is 5.75 Å². The maximum atomic E-state index is 11.9. The molecule has 0 saturated carbocycles. The van der Waals surface area contributed by atoms with Crippen LogP contribution in [0.2, 0.25) is 0 Å². The van der Waals surface area contributed by atoms with Crippen LogP contribution in [-0.4, -0.2) is 53.1 Å². The monoisotopic (exact) mass is 335 g/mol. The molecule has 0 spiro atoms. The van der Waals surface area contributed by atoms with Crippen LogP contribution >= 0.6 is 0 Å². The molecule has 3 N–H and O–H groups in total. The fourth-order valence-corrected chi connectivity index (χ4v) is 2.32. The lowest BCUT2D eigenvalue weighted by Crippen LogP contribution is -2.40. The Morgan fingerprint density at radius 1 is 1.38 bits per heavy atom. The maximum Gasteiger partial charge on any atom is 0.324 e. The number of aliphatic hydroxyl groups excluding tert-OH is 1. The van der Waals surface area contributed by atoms with Gasteiger partial charge in [-0.3, -0.25) is 14.5 Å². The van der Waals surface area contributed by atoms with E-state index in [9.17, 15) is 19.5 Å². The molecule has 2 unspecified atom stereocenters. The van der Waals surface area contributed by atoms with E-state index in [4.69, 9.17) is 4.74 Å². The van der Waals surface area contributed by atoms with Crippen LogP contribution in [0.1, 0.15) is 20.3 Å². The van der Waals surface area contributed by atoms with E-state index in [1.807, 2.05) is 0 Å². The number of aliphatic hydroxyl groups is 1. The van der Waals surface area contributed by atoms with Crippen LogP contribution in [0, 0.1) is 0 Å². The van der Waals surface area contributed by atoms with Crippen molar-refractivity contribution in [1.29, 1.82) is 0 Å². The third-order valence-corrected chi connectivity index (χ3v) is 3.53. The number of benzene rings is 1. The molecule has 4 amide bonds. The largest absolute Gasteiger partial charge is 0.491 e. The van der Waals surface area contributed by atoms with Crippen molar-refractivity contribution >= 4 is 23.5 Å². The molecule has 2 atom stereocenters. The summed E-state index contributed by atoms with van der Waals surface area (Å²) in [5, 5.41) is 15.2. The predicted molar refractivity (Wildman–Crippen MR) is 86.6 cm³/mol. The number of imide groups is 1. The molecule has 8 nitrogen and oxygen atoms in total. The highest BCUT2D eigenvalue weighted by Crippen LogP contribution is 2.16. The van der Waals surface area contributed by atoms with Gasteiger partial charge in [0, 0.05) is 12.6 Å². The molecule has 130 valence electrons. The van der Waals surface area contributed by atoms with E-state index in [0.29, 0.717) is 17.9 Å². The zero-order chi connectivity index (χ0) is 17.7. The number of hydrogen-bond acceptors (Lipinski definition) is 5. The van der Waals surface area contributed by atoms with Gasteiger partial charge in [-0.2, -0.15) is 0 Å². The van der Waals surface area contributed by atoms with Crippen molar-refractivity contribution in [3.63, 3.8) is 0 Å². The molecule has 1 aliphatic heterocycles. The Balaban J connectivity index is 1.83. The number of carbonyl (C=O) groups is 3. The number of rotatable bonds is 7. The van der Waals surface area contributed by atoms with Gasteiger partial charge in [-0.05, 0) is 30.7 Å². The molecule has 1 saturated heterocycles. The molecule has 0 aliphatic carbocycles. The Labute approximate surface area is 139 Å². The second kappa shape index (κ2) is 7.78. The summed E-state index contributed by atoms with van der Waals surface area (Å²) < 4.78 is 5.43. The number of carbonyl (C=O) groups excluding carboxylic acids is 3. The standard InChI is InChI=1S/C16H21N3O5/c1-3-14-15(22)19(16(23)18-14)8-12(21)9-24-13-6-4-11(5-7-13)17-10(2)20/h4-7,12,14,21H,3,8-9H2,1-2H3,(H,17,20)(H,18,23). The van der Waals surface area contributed by atoms with Crippen LogP contribution in [0.3, 0.4) is 0 Å².